The molecular weight excluding hydrogens is 475 g/mol. The van der Waals surface area contributed by atoms with E-state index in [1.54, 1.807) is 21.3 Å². The summed E-state index contributed by atoms with van der Waals surface area (Å²) in [7, 11) is 2.40. The number of ether oxygens (including phenoxy) is 6. The minimum absolute atomic E-state index is 0.142. The van der Waals surface area contributed by atoms with Gasteiger partial charge in [0.2, 0.25) is 0 Å². The zero-order chi connectivity index (χ0) is 25.8. The third-order valence-corrected chi connectivity index (χ3v) is 9.91. The smallest absolute Gasteiger partial charge is 0.188 e. The van der Waals surface area contributed by atoms with E-state index in [9.17, 15) is 0 Å². The van der Waals surface area contributed by atoms with Crippen molar-refractivity contribution >= 4 is 23.2 Å². The number of para-hydroxylation sites is 3. The molecule has 0 heterocycles. The van der Waals surface area contributed by atoms with Crippen LogP contribution in [0.25, 0.3) is 0 Å². The molecule has 0 radical (unpaired) electrons. The second-order valence-corrected chi connectivity index (χ2v) is 11.8. The van der Waals surface area contributed by atoms with Gasteiger partial charge in [-0.1, -0.05) is 42.0 Å². The molecule has 0 saturated heterocycles. The van der Waals surface area contributed by atoms with Gasteiger partial charge in [-0.05, 0) is 56.3 Å². The Hall–Kier alpha value is -2.89. The zero-order valence-electron chi connectivity index (χ0n) is 21.7. The van der Waals surface area contributed by atoms with Crippen molar-refractivity contribution in [2.24, 2.45) is 0 Å². The predicted octanol–water partition coefficient (Wildman–Crippen LogP) is 4.89. The molecule has 0 unspecified atom stereocenters. The number of hydrogen-bond acceptors (Lipinski definition) is 6. The van der Waals surface area contributed by atoms with Gasteiger partial charge in [0.25, 0.3) is 0 Å². The van der Waals surface area contributed by atoms with Crippen LogP contribution in [-0.4, -0.2) is 47.9 Å². The summed E-state index contributed by atoms with van der Waals surface area (Å²) in [6.45, 7) is 4.65. The highest BCUT2D eigenvalue weighted by Gasteiger charge is 2.50. The van der Waals surface area contributed by atoms with Crippen LogP contribution >= 0.6 is 7.26 Å². The number of hydrogen-bond donors (Lipinski definition) is 0. The van der Waals surface area contributed by atoms with E-state index in [2.05, 4.69) is 38.1 Å². The molecule has 0 aliphatic heterocycles. The highest BCUT2D eigenvalue weighted by Crippen LogP contribution is 2.60. The Labute approximate surface area is 215 Å². The van der Waals surface area contributed by atoms with Gasteiger partial charge in [-0.3, -0.25) is 0 Å². The van der Waals surface area contributed by atoms with Crippen LogP contribution < -0.4 is 30.1 Å². The number of rotatable bonds is 14. The summed E-state index contributed by atoms with van der Waals surface area (Å²) < 4.78 is 34.2. The van der Waals surface area contributed by atoms with Gasteiger partial charge in [0.05, 0.1) is 6.16 Å². The van der Waals surface area contributed by atoms with Crippen molar-refractivity contribution < 1.29 is 28.4 Å². The lowest BCUT2D eigenvalue weighted by Crippen LogP contribution is -2.36. The second-order valence-electron chi connectivity index (χ2n) is 8.33. The predicted molar refractivity (Wildman–Crippen MR) is 147 cm³/mol. The monoisotopic (exact) mass is 511 g/mol. The highest BCUT2D eigenvalue weighted by atomic mass is 31.2. The first kappa shape index (κ1) is 27.7. The van der Waals surface area contributed by atoms with Crippen LogP contribution in [0.15, 0.2) is 84.4 Å². The quantitative estimate of drug-likeness (QED) is 0.174. The molecule has 36 heavy (non-hydrogen) atoms. The van der Waals surface area contributed by atoms with E-state index in [0.717, 1.165) is 39.3 Å². The van der Waals surface area contributed by atoms with Gasteiger partial charge in [-0.25, -0.2) is 0 Å². The van der Waals surface area contributed by atoms with Gasteiger partial charge in [0.15, 0.2) is 37.6 Å². The van der Waals surface area contributed by atoms with E-state index in [4.69, 9.17) is 28.4 Å². The van der Waals surface area contributed by atoms with E-state index in [0.29, 0.717) is 0 Å². The summed E-state index contributed by atoms with van der Waals surface area (Å²) in [4.78, 5) is 0. The van der Waals surface area contributed by atoms with Crippen molar-refractivity contribution in [2.45, 2.75) is 13.8 Å². The van der Waals surface area contributed by atoms with Crippen molar-refractivity contribution in [3.63, 3.8) is 0 Å². The van der Waals surface area contributed by atoms with Crippen molar-refractivity contribution in [3.8, 4) is 17.2 Å². The molecule has 0 N–H and O–H groups in total. The maximum Gasteiger partial charge on any atom is 0.188 e. The molecule has 0 spiro atoms. The number of allylic oxidation sites excluding steroid dienone is 2. The first-order valence-corrected chi connectivity index (χ1v) is 13.7. The van der Waals surface area contributed by atoms with Crippen molar-refractivity contribution in [1.29, 1.82) is 0 Å². The van der Waals surface area contributed by atoms with E-state index >= 15 is 0 Å². The van der Waals surface area contributed by atoms with Crippen LogP contribution in [0, 0.1) is 0 Å². The van der Waals surface area contributed by atoms with E-state index < -0.39 is 7.26 Å². The number of benzene rings is 3. The Morgan fingerprint density at radius 3 is 1.22 bits per heavy atom. The lowest BCUT2D eigenvalue weighted by Gasteiger charge is -2.30. The van der Waals surface area contributed by atoms with Gasteiger partial charge in [0.1, 0.15) is 23.2 Å². The molecule has 0 saturated carbocycles. The molecule has 0 amide bonds. The van der Waals surface area contributed by atoms with Crippen molar-refractivity contribution in [3.05, 3.63) is 84.4 Å². The van der Waals surface area contributed by atoms with E-state index in [-0.39, 0.29) is 20.4 Å². The molecule has 3 aromatic rings. The summed E-state index contributed by atoms with van der Waals surface area (Å²) >= 11 is 0. The Morgan fingerprint density at radius 1 is 0.583 bits per heavy atom. The van der Waals surface area contributed by atoms with Gasteiger partial charge in [-0.2, -0.15) is 0 Å². The van der Waals surface area contributed by atoms with Gasteiger partial charge >= 0.3 is 0 Å². The SMILES string of the molecule is COCOc1ccccc1[P+](CC=C(C)C)(c1ccccc1OCOC)c1ccccc1OCOC. The third kappa shape index (κ3) is 6.45. The fourth-order valence-electron chi connectivity index (χ4n) is 4.05. The lowest BCUT2D eigenvalue weighted by atomic mass is 10.3. The summed E-state index contributed by atoms with van der Waals surface area (Å²) in [6.07, 6.45) is 3.02. The van der Waals surface area contributed by atoms with Gasteiger partial charge < -0.3 is 28.4 Å². The second kappa shape index (κ2) is 14.0. The van der Waals surface area contributed by atoms with Crippen LogP contribution in [0.5, 0.6) is 17.2 Å². The fraction of sp³-hybridized carbons (Fsp3) is 0.310. The average molecular weight is 512 g/mol. The van der Waals surface area contributed by atoms with Gasteiger partial charge in [-0.15, -0.1) is 0 Å². The standard InChI is InChI=1S/C29H36O6P/c1-23(2)18-19-36(27-15-9-6-12-24(27)33-20-30-3,28-16-10-7-13-25(28)34-21-31-4)29-17-11-8-14-26(29)35-22-32-5/h6-18H,19-22H2,1-5H3/q+1. The largest absolute Gasteiger partial charge is 0.463 e. The molecule has 0 bridgehead atoms. The Balaban J connectivity index is 2.44. The maximum atomic E-state index is 6.14. The molecule has 3 rings (SSSR count). The molecular formula is C29H36O6P+. The van der Waals surface area contributed by atoms with Crippen molar-refractivity contribution in [1.82, 2.24) is 0 Å². The Bertz CT molecular complexity index is 1000. The van der Waals surface area contributed by atoms with E-state index in [1.165, 1.54) is 5.57 Å². The summed E-state index contributed by atoms with van der Waals surface area (Å²) in [5.74, 6) is 2.29. The molecule has 0 atom stereocenters. The lowest BCUT2D eigenvalue weighted by molar-refractivity contribution is 0.0518. The number of methoxy groups -OCH3 is 3. The molecule has 3 aromatic carbocycles. The third-order valence-electron chi connectivity index (χ3n) is 5.60. The summed E-state index contributed by atoms with van der Waals surface area (Å²) in [5, 5.41) is 3.21. The van der Waals surface area contributed by atoms with Crippen LogP contribution in [0.1, 0.15) is 13.8 Å². The normalized spacial score (nSPS) is 11.1. The van der Waals surface area contributed by atoms with Crippen LogP contribution in [0.4, 0.5) is 0 Å². The minimum Gasteiger partial charge on any atom is -0.463 e. The summed E-state index contributed by atoms with van der Waals surface area (Å²) in [5.41, 5.74) is 1.22. The molecule has 0 aliphatic carbocycles. The summed E-state index contributed by atoms with van der Waals surface area (Å²) in [6, 6.07) is 24.4. The van der Waals surface area contributed by atoms with E-state index in [1.807, 2.05) is 54.6 Å². The van der Waals surface area contributed by atoms with Crippen LogP contribution in [-0.2, 0) is 14.2 Å². The average Bonchev–Trinajstić information content (AvgIpc) is 2.91. The minimum atomic E-state index is -2.46. The molecule has 0 fully saturated rings. The highest BCUT2D eigenvalue weighted by molar-refractivity contribution is 7.96. The fourth-order valence-corrected chi connectivity index (χ4v) is 8.63. The molecule has 7 heteroatoms. The van der Waals surface area contributed by atoms with Gasteiger partial charge in [0, 0.05) is 21.3 Å². The van der Waals surface area contributed by atoms with Crippen LogP contribution in [0.2, 0.25) is 0 Å². The van der Waals surface area contributed by atoms with Crippen LogP contribution in [0.3, 0.4) is 0 Å². The zero-order valence-corrected chi connectivity index (χ0v) is 22.6. The molecule has 192 valence electrons. The Morgan fingerprint density at radius 2 is 0.917 bits per heavy atom. The molecule has 0 aliphatic rings. The molecule has 0 aromatic heterocycles. The molecule has 6 nitrogen and oxygen atoms in total. The first-order chi connectivity index (χ1) is 17.6. The Kier molecular flexibility index (Phi) is 10.8. The van der Waals surface area contributed by atoms with Crippen molar-refractivity contribution in [2.75, 3.05) is 47.9 Å². The first-order valence-electron chi connectivity index (χ1n) is 11.7. The maximum absolute atomic E-state index is 6.14. The topological polar surface area (TPSA) is 55.4 Å².